The Labute approximate surface area is 444 Å². The summed E-state index contributed by atoms with van der Waals surface area (Å²) in [6.45, 7) is 26.6. The highest BCUT2D eigenvalue weighted by Crippen LogP contribution is 2.44. The van der Waals surface area contributed by atoms with E-state index in [1.807, 2.05) is 0 Å². The Morgan fingerprint density at radius 3 is 1.38 bits per heavy atom. The van der Waals surface area contributed by atoms with Crippen LogP contribution in [-0.4, -0.2) is 24.1 Å². The Morgan fingerprint density at radius 1 is 0.528 bits per heavy atom. The van der Waals surface area contributed by atoms with Crippen molar-refractivity contribution in [3.05, 3.63) is 130 Å². The summed E-state index contributed by atoms with van der Waals surface area (Å²) < 4.78 is 12.0. The second-order valence-electron chi connectivity index (χ2n) is 23.2. The molecule has 404 valence electrons. The third-order valence-electron chi connectivity index (χ3n) is 14.8. The smallest absolute Gasteiger partial charge is 0.306 e. The molecule has 0 fully saturated rings. The predicted molar refractivity (Wildman–Crippen MR) is 314 cm³/mol. The molecule has 2 aliphatic rings. The van der Waals surface area contributed by atoms with E-state index in [0.717, 1.165) is 44.9 Å². The van der Waals surface area contributed by atoms with Crippen molar-refractivity contribution < 1.29 is 19.1 Å². The SMILES string of the molecule is CCCCCCCCCCCCCC(=O)OC1C=C(C)C(C=CC(C)=CC=CC(C)=CC=CC=C(C)C=CC=C(C)C=CC2=C(C)CC(OC(=O)CCCCCCCCCCCCC)CC2(C)C)C(C)(C)C1. The van der Waals surface area contributed by atoms with Gasteiger partial charge in [0.2, 0.25) is 0 Å². The number of carbonyl (C=O) groups excluding carboxylic acids is 2. The fraction of sp³-hybridized carbons (Fsp3) is 0.647. The van der Waals surface area contributed by atoms with Crippen molar-refractivity contribution in [3.63, 3.8) is 0 Å². The largest absolute Gasteiger partial charge is 0.462 e. The number of unbranched alkanes of at least 4 members (excludes halogenated alkanes) is 20. The van der Waals surface area contributed by atoms with E-state index in [2.05, 4.69) is 174 Å². The second kappa shape index (κ2) is 37.8. The van der Waals surface area contributed by atoms with Gasteiger partial charge in [-0.1, -0.05) is 288 Å². The molecule has 72 heavy (non-hydrogen) atoms. The van der Waals surface area contributed by atoms with Crippen LogP contribution >= 0.6 is 0 Å². The molecule has 2 aliphatic carbocycles. The van der Waals surface area contributed by atoms with Crippen molar-refractivity contribution in [1.82, 2.24) is 0 Å². The third-order valence-corrected chi connectivity index (χ3v) is 14.8. The molecule has 0 amide bonds. The van der Waals surface area contributed by atoms with Gasteiger partial charge in [-0.3, -0.25) is 9.59 Å². The summed E-state index contributed by atoms with van der Waals surface area (Å²) in [5.74, 6) is 0.221. The molecular formula is C68H108O4. The number of rotatable bonds is 36. The van der Waals surface area contributed by atoms with Crippen molar-refractivity contribution >= 4 is 11.9 Å². The van der Waals surface area contributed by atoms with E-state index in [4.69, 9.17) is 9.47 Å². The van der Waals surface area contributed by atoms with Crippen molar-refractivity contribution in [3.8, 4) is 0 Å². The van der Waals surface area contributed by atoms with Gasteiger partial charge in [0.25, 0.3) is 0 Å². The van der Waals surface area contributed by atoms with Crippen molar-refractivity contribution in [2.75, 3.05) is 0 Å². The first-order valence-corrected chi connectivity index (χ1v) is 29.3. The van der Waals surface area contributed by atoms with Crippen LogP contribution in [0.25, 0.3) is 0 Å². The lowest BCUT2D eigenvalue weighted by atomic mass is 9.67. The van der Waals surface area contributed by atoms with Crippen LogP contribution in [0.5, 0.6) is 0 Å². The summed E-state index contributed by atoms with van der Waals surface area (Å²) in [4.78, 5) is 25.5. The number of hydrogen-bond acceptors (Lipinski definition) is 4. The number of esters is 2. The lowest BCUT2D eigenvalue weighted by Crippen LogP contribution is -2.34. The average molecular weight is 990 g/mol. The van der Waals surface area contributed by atoms with Gasteiger partial charge in [0, 0.05) is 25.2 Å². The van der Waals surface area contributed by atoms with Crippen LogP contribution in [0.1, 0.15) is 256 Å². The van der Waals surface area contributed by atoms with E-state index in [1.165, 1.54) is 155 Å². The molecule has 3 unspecified atom stereocenters. The summed E-state index contributed by atoms with van der Waals surface area (Å²) in [5.41, 5.74) is 8.64. The quantitative estimate of drug-likeness (QED) is 0.0272. The molecule has 0 aliphatic heterocycles. The van der Waals surface area contributed by atoms with Gasteiger partial charge in [0.1, 0.15) is 12.2 Å². The molecule has 0 heterocycles. The highest BCUT2D eigenvalue weighted by atomic mass is 16.5. The molecule has 0 radical (unpaired) electrons. The van der Waals surface area contributed by atoms with Gasteiger partial charge in [-0.15, -0.1) is 0 Å². The van der Waals surface area contributed by atoms with Gasteiger partial charge in [-0.25, -0.2) is 0 Å². The Bertz CT molecular complexity index is 1910. The van der Waals surface area contributed by atoms with Gasteiger partial charge in [-0.2, -0.15) is 0 Å². The standard InChI is InChI=1S/C68H108O4/c1-13-15-17-19-21-23-25-27-29-31-33-45-65(69)71-61-51-59(7)63(67(9,10)53-61)49-47-57(5)43-37-41-55(3)39-35-36-40-56(4)42-38-44-58(6)48-50-64-60(8)52-62(54-68(64,11)12)72-66(70)46-34-32-30-28-26-24-22-20-18-16-14-2/h35-44,47-51,61-63H,13-34,45-46,52-54H2,1-12H3. The van der Waals surface area contributed by atoms with Crippen LogP contribution < -0.4 is 0 Å². The molecule has 4 nitrogen and oxygen atoms in total. The fourth-order valence-electron chi connectivity index (χ4n) is 10.6. The fourth-order valence-corrected chi connectivity index (χ4v) is 10.6. The van der Waals surface area contributed by atoms with Crippen LogP contribution in [0.2, 0.25) is 0 Å². The van der Waals surface area contributed by atoms with E-state index >= 15 is 0 Å². The van der Waals surface area contributed by atoms with Crippen molar-refractivity contribution in [1.29, 1.82) is 0 Å². The molecule has 0 bridgehead atoms. The molecule has 0 spiro atoms. The first-order chi connectivity index (χ1) is 34.5. The van der Waals surface area contributed by atoms with Crippen molar-refractivity contribution in [2.24, 2.45) is 16.7 Å². The van der Waals surface area contributed by atoms with E-state index in [9.17, 15) is 9.59 Å². The minimum absolute atomic E-state index is 0.00389. The van der Waals surface area contributed by atoms with Gasteiger partial charge in [0.05, 0.1) is 0 Å². The number of carbonyl (C=O) groups is 2. The first kappa shape index (κ1) is 64.2. The normalized spacial score (nSPS) is 20.3. The molecule has 0 aromatic carbocycles. The molecule has 0 aromatic heterocycles. The van der Waals surface area contributed by atoms with Crippen LogP contribution in [0.15, 0.2) is 130 Å². The summed E-state index contributed by atoms with van der Waals surface area (Å²) in [6.07, 6.45) is 64.1. The molecule has 4 heteroatoms. The van der Waals surface area contributed by atoms with Crippen LogP contribution in [0, 0.1) is 16.7 Å². The van der Waals surface area contributed by atoms with E-state index in [1.54, 1.807) is 0 Å². The lowest BCUT2D eigenvalue weighted by Gasteiger charge is -2.40. The highest BCUT2D eigenvalue weighted by Gasteiger charge is 2.37. The van der Waals surface area contributed by atoms with E-state index < -0.39 is 0 Å². The Balaban J connectivity index is 1.76. The van der Waals surface area contributed by atoms with Gasteiger partial charge in [-0.05, 0) is 89.7 Å². The number of allylic oxidation sites excluding steroid dienone is 20. The van der Waals surface area contributed by atoms with E-state index in [0.29, 0.717) is 18.8 Å². The predicted octanol–water partition coefficient (Wildman–Crippen LogP) is 20.9. The molecule has 3 atom stereocenters. The second-order valence-corrected chi connectivity index (χ2v) is 23.2. The van der Waals surface area contributed by atoms with Gasteiger partial charge < -0.3 is 9.47 Å². The zero-order valence-corrected chi connectivity index (χ0v) is 48.6. The monoisotopic (exact) mass is 989 g/mol. The Hall–Kier alpha value is -3.92. The van der Waals surface area contributed by atoms with Crippen LogP contribution in [0.3, 0.4) is 0 Å². The highest BCUT2D eigenvalue weighted by molar-refractivity contribution is 5.70. The summed E-state index contributed by atoms with van der Waals surface area (Å²) in [5, 5.41) is 0. The Kier molecular flexibility index (Phi) is 33.7. The molecule has 0 saturated carbocycles. The first-order valence-electron chi connectivity index (χ1n) is 29.3. The lowest BCUT2D eigenvalue weighted by molar-refractivity contribution is -0.151. The maximum Gasteiger partial charge on any atom is 0.306 e. The minimum Gasteiger partial charge on any atom is -0.462 e. The minimum atomic E-state index is -0.142. The summed E-state index contributed by atoms with van der Waals surface area (Å²) in [6, 6.07) is 0. The molecule has 0 aromatic rings. The van der Waals surface area contributed by atoms with Crippen LogP contribution in [0.4, 0.5) is 0 Å². The third kappa shape index (κ3) is 29.7. The van der Waals surface area contributed by atoms with Crippen molar-refractivity contribution in [2.45, 2.75) is 269 Å². The maximum absolute atomic E-state index is 12.7. The zero-order valence-electron chi connectivity index (χ0n) is 48.6. The topological polar surface area (TPSA) is 52.6 Å². The summed E-state index contributed by atoms with van der Waals surface area (Å²) in [7, 11) is 0. The number of ether oxygens (including phenoxy) is 2. The van der Waals surface area contributed by atoms with Gasteiger partial charge in [0.15, 0.2) is 0 Å². The molecule has 0 saturated heterocycles. The summed E-state index contributed by atoms with van der Waals surface area (Å²) >= 11 is 0. The Morgan fingerprint density at radius 2 is 0.931 bits per heavy atom. The molecule has 0 N–H and O–H groups in total. The maximum atomic E-state index is 12.7. The number of hydrogen-bond donors (Lipinski definition) is 0. The van der Waals surface area contributed by atoms with Crippen LogP contribution in [-0.2, 0) is 19.1 Å². The van der Waals surface area contributed by atoms with E-state index in [-0.39, 0.29) is 35.0 Å². The average Bonchev–Trinajstić information content (AvgIpc) is 3.30. The molecular weight excluding hydrogens is 881 g/mol. The van der Waals surface area contributed by atoms with Gasteiger partial charge >= 0.3 is 11.9 Å². The molecule has 2 rings (SSSR count). The zero-order chi connectivity index (χ0) is 53.0.